The van der Waals surface area contributed by atoms with Crippen molar-refractivity contribution in [3.63, 3.8) is 0 Å². The monoisotopic (exact) mass is 274 g/mol. The van der Waals surface area contributed by atoms with E-state index in [9.17, 15) is 0 Å². The van der Waals surface area contributed by atoms with Crippen LogP contribution in [-0.4, -0.2) is 37.1 Å². The van der Waals surface area contributed by atoms with Crippen molar-refractivity contribution in [3.05, 3.63) is 18.2 Å². The van der Waals surface area contributed by atoms with E-state index in [2.05, 4.69) is 15.9 Å². The Morgan fingerprint density at radius 3 is 2.20 bits per heavy atom. The molecule has 2 fully saturated rings. The van der Waals surface area contributed by atoms with E-state index in [1.807, 2.05) is 12.1 Å². The molecule has 0 aromatic heterocycles. The van der Waals surface area contributed by atoms with E-state index in [1.165, 1.54) is 50.9 Å². The highest BCUT2D eigenvalue weighted by Gasteiger charge is 2.25. The predicted octanol–water partition coefficient (Wildman–Crippen LogP) is 2.31. The number of anilines is 3. The Bertz CT molecular complexity index is 446. The van der Waals surface area contributed by atoms with Gasteiger partial charge in [0, 0.05) is 24.8 Å². The molecule has 2 aliphatic rings. The Morgan fingerprint density at radius 1 is 0.850 bits per heavy atom. The molecular weight excluding hydrogens is 248 g/mol. The first kappa shape index (κ1) is 13.6. The molecule has 0 bridgehead atoms. The molecular formula is C16H26N4. The lowest BCUT2D eigenvalue weighted by molar-refractivity contribution is 0.141. The molecule has 110 valence electrons. The molecule has 0 aliphatic carbocycles. The predicted molar refractivity (Wildman–Crippen MR) is 85.9 cm³/mol. The lowest BCUT2D eigenvalue weighted by Gasteiger charge is -2.41. The van der Waals surface area contributed by atoms with Crippen LogP contribution in [0.5, 0.6) is 0 Å². The molecule has 4 N–H and O–H groups in total. The normalized spacial score (nSPS) is 22.1. The molecule has 1 aromatic rings. The van der Waals surface area contributed by atoms with Gasteiger partial charge in [-0.3, -0.25) is 0 Å². The van der Waals surface area contributed by atoms with E-state index < -0.39 is 0 Å². The van der Waals surface area contributed by atoms with Crippen molar-refractivity contribution in [1.29, 1.82) is 0 Å². The van der Waals surface area contributed by atoms with Crippen LogP contribution in [0, 0.1) is 0 Å². The van der Waals surface area contributed by atoms with E-state index in [0.717, 1.165) is 19.1 Å². The van der Waals surface area contributed by atoms with Gasteiger partial charge in [0.1, 0.15) is 0 Å². The minimum absolute atomic E-state index is 0.678. The highest BCUT2D eigenvalue weighted by atomic mass is 15.2. The number of hydrogen-bond acceptors (Lipinski definition) is 4. The van der Waals surface area contributed by atoms with Gasteiger partial charge >= 0.3 is 0 Å². The van der Waals surface area contributed by atoms with Crippen LogP contribution in [0.2, 0.25) is 0 Å². The van der Waals surface area contributed by atoms with Crippen LogP contribution in [-0.2, 0) is 0 Å². The van der Waals surface area contributed by atoms with E-state index in [4.69, 9.17) is 11.5 Å². The minimum Gasteiger partial charge on any atom is -0.397 e. The third kappa shape index (κ3) is 2.85. The maximum absolute atomic E-state index is 5.91. The molecule has 0 spiro atoms. The van der Waals surface area contributed by atoms with Crippen LogP contribution in [0.3, 0.4) is 0 Å². The van der Waals surface area contributed by atoms with Gasteiger partial charge < -0.3 is 21.3 Å². The van der Waals surface area contributed by atoms with Crippen LogP contribution in [0.1, 0.15) is 32.1 Å². The summed E-state index contributed by atoms with van der Waals surface area (Å²) in [4.78, 5) is 5.15. The number of nitrogens with two attached hydrogens (primary N) is 2. The average molecular weight is 274 g/mol. The van der Waals surface area contributed by atoms with Crippen LogP contribution in [0.25, 0.3) is 0 Å². The fraction of sp³-hybridized carbons (Fsp3) is 0.625. The summed E-state index contributed by atoms with van der Waals surface area (Å²) in [5.41, 5.74) is 14.3. The summed E-state index contributed by atoms with van der Waals surface area (Å²) < 4.78 is 0. The first-order valence-corrected chi connectivity index (χ1v) is 7.88. The first-order chi connectivity index (χ1) is 9.74. The van der Waals surface area contributed by atoms with Crippen molar-refractivity contribution >= 4 is 17.1 Å². The number of benzene rings is 1. The van der Waals surface area contributed by atoms with Crippen molar-refractivity contribution in [2.45, 2.75) is 38.1 Å². The average Bonchev–Trinajstić information content (AvgIpc) is 2.51. The Balaban J connectivity index is 1.58. The molecule has 0 saturated carbocycles. The Hall–Kier alpha value is -1.42. The summed E-state index contributed by atoms with van der Waals surface area (Å²) in [7, 11) is 0. The maximum atomic E-state index is 5.91. The van der Waals surface area contributed by atoms with Gasteiger partial charge in [0.2, 0.25) is 0 Å². The van der Waals surface area contributed by atoms with Crippen molar-refractivity contribution in [2.75, 3.05) is 42.5 Å². The van der Waals surface area contributed by atoms with E-state index >= 15 is 0 Å². The van der Waals surface area contributed by atoms with Crippen molar-refractivity contribution in [3.8, 4) is 0 Å². The van der Waals surface area contributed by atoms with Gasteiger partial charge in [0.05, 0.1) is 11.4 Å². The summed E-state index contributed by atoms with van der Waals surface area (Å²) in [5.74, 6) is 0. The first-order valence-electron chi connectivity index (χ1n) is 7.88. The molecule has 2 aliphatic heterocycles. The Kier molecular flexibility index (Phi) is 4.01. The second kappa shape index (κ2) is 5.92. The number of hydrogen-bond donors (Lipinski definition) is 2. The molecule has 0 unspecified atom stereocenters. The van der Waals surface area contributed by atoms with Gasteiger partial charge in [-0.05, 0) is 57.0 Å². The molecule has 0 atom stereocenters. The van der Waals surface area contributed by atoms with Gasteiger partial charge in [-0.25, -0.2) is 0 Å². The summed E-state index contributed by atoms with van der Waals surface area (Å²) in [5, 5.41) is 0. The molecule has 4 nitrogen and oxygen atoms in total. The molecule has 4 heteroatoms. The molecule has 0 radical (unpaired) electrons. The van der Waals surface area contributed by atoms with E-state index in [1.54, 1.807) is 0 Å². The third-order valence-electron chi connectivity index (χ3n) is 4.81. The largest absolute Gasteiger partial charge is 0.397 e. The summed E-state index contributed by atoms with van der Waals surface area (Å²) in [6.07, 6.45) is 6.72. The SMILES string of the molecule is Nc1ccc(N2CCC(N3CCCCC3)CC2)cc1N. The smallest absolute Gasteiger partial charge is 0.0568 e. The molecule has 0 amide bonds. The lowest BCUT2D eigenvalue weighted by Crippen LogP contribution is -2.46. The van der Waals surface area contributed by atoms with E-state index in [-0.39, 0.29) is 0 Å². The fourth-order valence-corrected chi connectivity index (χ4v) is 3.53. The molecule has 3 rings (SSSR count). The van der Waals surface area contributed by atoms with Crippen LogP contribution in [0.15, 0.2) is 18.2 Å². The summed E-state index contributed by atoms with van der Waals surface area (Å²) in [6.45, 7) is 4.87. The van der Waals surface area contributed by atoms with Crippen LogP contribution < -0.4 is 16.4 Å². The fourth-order valence-electron chi connectivity index (χ4n) is 3.53. The van der Waals surface area contributed by atoms with Gasteiger partial charge in [0.15, 0.2) is 0 Å². The van der Waals surface area contributed by atoms with Gasteiger partial charge in [-0.1, -0.05) is 6.42 Å². The summed E-state index contributed by atoms with van der Waals surface area (Å²) >= 11 is 0. The number of likely N-dealkylation sites (tertiary alicyclic amines) is 1. The third-order valence-corrected chi connectivity index (χ3v) is 4.81. The Morgan fingerprint density at radius 2 is 1.55 bits per heavy atom. The standard InChI is InChI=1S/C16H26N4/c17-15-5-4-14(12-16(15)18)20-10-6-13(7-11-20)19-8-2-1-3-9-19/h4-5,12-13H,1-3,6-11,17-18H2. The molecule has 20 heavy (non-hydrogen) atoms. The second-order valence-corrected chi connectivity index (χ2v) is 6.13. The topological polar surface area (TPSA) is 58.5 Å². The highest BCUT2D eigenvalue weighted by Crippen LogP contribution is 2.27. The van der Waals surface area contributed by atoms with Crippen LogP contribution >= 0.6 is 0 Å². The number of piperidine rings is 2. The zero-order chi connectivity index (χ0) is 13.9. The number of rotatable bonds is 2. The van der Waals surface area contributed by atoms with E-state index in [0.29, 0.717) is 11.4 Å². The Labute approximate surface area is 121 Å². The second-order valence-electron chi connectivity index (χ2n) is 6.13. The lowest BCUT2D eigenvalue weighted by atomic mass is 9.99. The van der Waals surface area contributed by atoms with Gasteiger partial charge in [-0.15, -0.1) is 0 Å². The number of nitrogen functional groups attached to an aromatic ring is 2. The maximum Gasteiger partial charge on any atom is 0.0568 e. The molecule has 2 heterocycles. The minimum atomic E-state index is 0.678. The number of nitrogens with zero attached hydrogens (tertiary/aromatic N) is 2. The van der Waals surface area contributed by atoms with Crippen LogP contribution in [0.4, 0.5) is 17.1 Å². The quantitative estimate of drug-likeness (QED) is 0.813. The molecule has 2 saturated heterocycles. The molecule has 1 aromatic carbocycles. The zero-order valence-corrected chi connectivity index (χ0v) is 12.2. The van der Waals surface area contributed by atoms with Gasteiger partial charge in [-0.2, -0.15) is 0 Å². The van der Waals surface area contributed by atoms with Crippen molar-refractivity contribution in [2.24, 2.45) is 0 Å². The zero-order valence-electron chi connectivity index (χ0n) is 12.2. The van der Waals surface area contributed by atoms with Crippen molar-refractivity contribution < 1.29 is 0 Å². The van der Waals surface area contributed by atoms with Crippen molar-refractivity contribution in [1.82, 2.24) is 4.90 Å². The highest BCUT2D eigenvalue weighted by molar-refractivity contribution is 5.69. The van der Waals surface area contributed by atoms with Gasteiger partial charge in [0.25, 0.3) is 0 Å². The summed E-state index contributed by atoms with van der Waals surface area (Å²) in [6, 6.07) is 6.81.